The molecule has 0 aromatic heterocycles. The summed E-state index contributed by atoms with van der Waals surface area (Å²) in [5.74, 6) is 1.61. The van der Waals surface area contributed by atoms with Gasteiger partial charge in [0.2, 0.25) is 0 Å². The highest BCUT2D eigenvalue weighted by molar-refractivity contribution is 6.35. The zero-order chi connectivity index (χ0) is 22.0. The van der Waals surface area contributed by atoms with Crippen molar-refractivity contribution in [2.75, 3.05) is 19.7 Å². The standard InChI is InChI=1S/C26H36N2O3/c1-4-31-22-13-11-20(12-14-22)23-24(27-16-18(2)15-19(3)17-27)26(30)28(25(23)29)21-9-7-5-6-8-10-21/h11-14,18-19,21H,4-10,15-17H2,1-3H3. The van der Waals surface area contributed by atoms with Gasteiger partial charge in [0, 0.05) is 19.1 Å². The number of piperidine rings is 1. The minimum absolute atomic E-state index is 0.0253. The molecule has 1 aromatic rings. The van der Waals surface area contributed by atoms with E-state index in [1.807, 2.05) is 31.2 Å². The third-order valence-electron chi connectivity index (χ3n) is 6.92. The fraction of sp³-hybridized carbons (Fsp3) is 0.615. The Hall–Kier alpha value is -2.30. The summed E-state index contributed by atoms with van der Waals surface area (Å²) in [6.07, 6.45) is 7.58. The van der Waals surface area contributed by atoms with Gasteiger partial charge in [-0.3, -0.25) is 14.5 Å². The van der Waals surface area contributed by atoms with Crippen molar-refractivity contribution < 1.29 is 14.3 Å². The van der Waals surface area contributed by atoms with E-state index in [0.717, 1.165) is 56.5 Å². The molecule has 1 aliphatic carbocycles. The molecule has 1 saturated heterocycles. The summed E-state index contributed by atoms with van der Waals surface area (Å²) >= 11 is 0. The predicted octanol–water partition coefficient (Wildman–Crippen LogP) is 4.87. The second kappa shape index (κ2) is 9.46. The van der Waals surface area contributed by atoms with Crippen molar-refractivity contribution in [3.05, 3.63) is 35.5 Å². The lowest BCUT2D eigenvalue weighted by Gasteiger charge is -2.37. The van der Waals surface area contributed by atoms with Gasteiger partial charge in [0.15, 0.2) is 0 Å². The number of ether oxygens (including phenoxy) is 1. The molecule has 4 rings (SSSR count). The molecule has 5 heteroatoms. The van der Waals surface area contributed by atoms with Crippen LogP contribution in [-0.4, -0.2) is 47.4 Å². The lowest BCUT2D eigenvalue weighted by molar-refractivity contribution is -0.140. The summed E-state index contributed by atoms with van der Waals surface area (Å²) < 4.78 is 5.58. The quantitative estimate of drug-likeness (QED) is 0.500. The van der Waals surface area contributed by atoms with Crippen LogP contribution in [0, 0.1) is 11.8 Å². The summed E-state index contributed by atoms with van der Waals surface area (Å²) in [5.41, 5.74) is 2.02. The molecule has 0 N–H and O–H groups in total. The number of hydrogen-bond acceptors (Lipinski definition) is 4. The van der Waals surface area contributed by atoms with Crippen LogP contribution in [0.2, 0.25) is 0 Å². The summed E-state index contributed by atoms with van der Waals surface area (Å²) in [6.45, 7) is 8.70. The third-order valence-corrected chi connectivity index (χ3v) is 6.92. The van der Waals surface area contributed by atoms with Crippen LogP contribution in [0.15, 0.2) is 30.0 Å². The maximum atomic E-state index is 13.8. The topological polar surface area (TPSA) is 49.9 Å². The van der Waals surface area contributed by atoms with Crippen molar-refractivity contribution in [1.29, 1.82) is 0 Å². The van der Waals surface area contributed by atoms with E-state index in [4.69, 9.17) is 4.74 Å². The van der Waals surface area contributed by atoms with Crippen LogP contribution in [0.3, 0.4) is 0 Å². The fourth-order valence-electron chi connectivity index (χ4n) is 5.67. The van der Waals surface area contributed by atoms with E-state index in [0.29, 0.717) is 29.7 Å². The monoisotopic (exact) mass is 424 g/mol. The number of carbonyl (C=O) groups is 2. The summed E-state index contributed by atoms with van der Waals surface area (Å²) in [4.78, 5) is 31.3. The Kier molecular flexibility index (Phi) is 6.68. The van der Waals surface area contributed by atoms with Gasteiger partial charge in [-0.15, -0.1) is 0 Å². The average molecular weight is 425 g/mol. The molecule has 0 radical (unpaired) electrons. The zero-order valence-electron chi connectivity index (χ0n) is 19.2. The molecular weight excluding hydrogens is 388 g/mol. The SMILES string of the molecule is CCOc1ccc(C2=C(N3CC(C)CC(C)C3)C(=O)N(C3CCCCCC3)C2=O)cc1. The van der Waals surface area contributed by atoms with Crippen LogP contribution < -0.4 is 4.74 Å². The lowest BCUT2D eigenvalue weighted by Crippen LogP contribution is -2.44. The second-order valence-electron chi connectivity index (χ2n) is 9.66. The minimum atomic E-state index is -0.109. The first-order valence-corrected chi connectivity index (χ1v) is 12.1. The number of nitrogens with zero attached hydrogens (tertiary/aromatic N) is 2. The molecule has 2 atom stereocenters. The lowest BCUT2D eigenvalue weighted by atomic mass is 9.91. The summed E-state index contributed by atoms with van der Waals surface area (Å²) in [6, 6.07) is 7.68. The number of imide groups is 1. The van der Waals surface area contributed by atoms with Gasteiger partial charge >= 0.3 is 0 Å². The van der Waals surface area contributed by atoms with Crippen molar-refractivity contribution in [3.8, 4) is 5.75 Å². The van der Waals surface area contributed by atoms with Gasteiger partial charge in [-0.05, 0) is 55.7 Å². The number of hydrogen-bond donors (Lipinski definition) is 0. The molecule has 3 aliphatic rings. The van der Waals surface area contributed by atoms with Crippen LogP contribution in [0.5, 0.6) is 5.75 Å². The molecule has 1 saturated carbocycles. The van der Waals surface area contributed by atoms with Crippen LogP contribution in [0.1, 0.15) is 71.3 Å². The van der Waals surface area contributed by atoms with Gasteiger partial charge < -0.3 is 9.64 Å². The molecule has 2 amide bonds. The number of amides is 2. The summed E-state index contributed by atoms with van der Waals surface area (Å²) in [7, 11) is 0. The number of rotatable bonds is 5. The highest BCUT2D eigenvalue weighted by Gasteiger charge is 2.45. The smallest absolute Gasteiger partial charge is 0.278 e. The molecule has 2 fully saturated rings. The van der Waals surface area contributed by atoms with Crippen molar-refractivity contribution in [3.63, 3.8) is 0 Å². The minimum Gasteiger partial charge on any atom is -0.494 e. The van der Waals surface area contributed by atoms with Crippen molar-refractivity contribution >= 4 is 17.4 Å². The molecule has 2 heterocycles. The molecule has 2 aliphatic heterocycles. The van der Waals surface area contributed by atoms with Crippen LogP contribution in [0.4, 0.5) is 0 Å². The van der Waals surface area contributed by atoms with E-state index in [9.17, 15) is 9.59 Å². The Bertz CT molecular complexity index is 827. The van der Waals surface area contributed by atoms with Crippen LogP contribution >= 0.6 is 0 Å². The van der Waals surface area contributed by atoms with E-state index >= 15 is 0 Å². The Morgan fingerprint density at radius 1 is 0.903 bits per heavy atom. The average Bonchev–Trinajstić information content (AvgIpc) is 2.89. The fourth-order valence-corrected chi connectivity index (χ4v) is 5.67. The third kappa shape index (κ3) is 4.51. The van der Waals surface area contributed by atoms with Gasteiger partial charge in [-0.25, -0.2) is 0 Å². The largest absolute Gasteiger partial charge is 0.494 e. The molecule has 0 spiro atoms. The molecule has 5 nitrogen and oxygen atoms in total. The Morgan fingerprint density at radius 2 is 1.52 bits per heavy atom. The molecule has 31 heavy (non-hydrogen) atoms. The van der Waals surface area contributed by atoms with Gasteiger partial charge in [-0.2, -0.15) is 0 Å². The first-order valence-electron chi connectivity index (χ1n) is 12.1. The van der Waals surface area contributed by atoms with E-state index in [2.05, 4.69) is 18.7 Å². The maximum absolute atomic E-state index is 13.8. The Labute approximate surface area is 186 Å². The van der Waals surface area contributed by atoms with Crippen molar-refractivity contribution in [1.82, 2.24) is 9.80 Å². The van der Waals surface area contributed by atoms with E-state index in [1.54, 1.807) is 4.90 Å². The van der Waals surface area contributed by atoms with Crippen molar-refractivity contribution in [2.24, 2.45) is 11.8 Å². The van der Waals surface area contributed by atoms with Gasteiger partial charge in [0.1, 0.15) is 11.4 Å². The Balaban J connectivity index is 1.73. The normalized spacial score (nSPS) is 25.9. The molecule has 1 aromatic carbocycles. The number of benzene rings is 1. The van der Waals surface area contributed by atoms with E-state index < -0.39 is 0 Å². The maximum Gasteiger partial charge on any atom is 0.278 e. The zero-order valence-corrected chi connectivity index (χ0v) is 19.2. The van der Waals surface area contributed by atoms with Crippen LogP contribution in [-0.2, 0) is 9.59 Å². The van der Waals surface area contributed by atoms with Gasteiger partial charge in [0.25, 0.3) is 11.8 Å². The van der Waals surface area contributed by atoms with E-state index in [-0.39, 0.29) is 17.9 Å². The van der Waals surface area contributed by atoms with E-state index in [1.165, 1.54) is 12.8 Å². The highest BCUT2D eigenvalue weighted by atomic mass is 16.5. The first-order chi connectivity index (χ1) is 15.0. The molecular formula is C26H36N2O3. The molecule has 0 bridgehead atoms. The number of carbonyl (C=O) groups excluding carboxylic acids is 2. The first kappa shape index (κ1) is 21.9. The summed E-state index contributed by atoms with van der Waals surface area (Å²) in [5, 5.41) is 0. The second-order valence-corrected chi connectivity index (χ2v) is 9.66. The molecule has 2 unspecified atom stereocenters. The van der Waals surface area contributed by atoms with Gasteiger partial charge in [0.05, 0.1) is 12.2 Å². The van der Waals surface area contributed by atoms with Crippen molar-refractivity contribution in [2.45, 2.75) is 71.8 Å². The Morgan fingerprint density at radius 3 is 2.10 bits per heavy atom. The highest BCUT2D eigenvalue weighted by Crippen LogP contribution is 2.38. The van der Waals surface area contributed by atoms with Crippen LogP contribution in [0.25, 0.3) is 5.57 Å². The molecule has 168 valence electrons. The predicted molar refractivity (Wildman–Crippen MR) is 122 cm³/mol. The van der Waals surface area contributed by atoms with Gasteiger partial charge in [-0.1, -0.05) is 51.7 Å². The number of likely N-dealkylation sites (tertiary alicyclic amines) is 1.